The highest BCUT2D eigenvalue weighted by Crippen LogP contribution is 2.21. The lowest BCUT2D eigenvalue weighted by Crippen LogP contribution is -2.46. The highest BCUT2D eigenvalue weighted by Gasteiger charge is 2.31. The van der Waals surface area contributed by atoms with Crippen LogP contribution in [0, 0.1) is 12.8 Å². The second-order valence-corrected chi connectivity index (χ2v) is 11.6. The molecule has 0 aliphatic carbocycles. The molecule has 7 heteroatoms. The fourth-order valence-corrected chi connectivity index (χ4v) is 6.50. The largest absolute Gasteiger partial charge is 0.355 e. The minimum absolute atomic E-state index is 0.0225. The number of nitrogens with one attached hydrogen (secondary N) is 1. The SMILES string of the molecule is Cc1ccccc1CSCCNC(=O)[C@@H]1CCCN(S(=O)(=O)CCCc2ccccc2)C1. The van der Waals surface area contributed by atoms with Gasteiger partial charge in [0.05, 0.1) is 11.7 Å². The lowest BCUT2D eigenvalue weighted by Gasteiger charge is -2.31. The topological polar surface area (TPSA) is 66.5 Å². The molecule has 0 spiro atoms. The van der Waals surface area contributed by atoms with Gasteiger partial charge in [0.2, 0.25) is 15.9 Å². The van der Waals surface area contributed by atoms with E-state index in [1.54, 1.807) is 11.8 Å². The van der Waals surface area contributed by atoms with Gasteiger partial charge in [-0.05, 0) is 49.3 Å². The lowest BCUT2D eigenvalue weighted by molar-refractivity contribution is -0.125. The Morgan fingerprint density at radius 2 is 1.88 bits per heavy atom. The van der Waals surface area contributed by atoms with Gasteiger partial charge < -0.3 is 5.32 Å². The summed E-state index contributed by atoms with van der Waals surface area (Å²) in [7, 11) is -3.33. The van der Waals surface area contributed by atoms with Crippen molar-refractivity contribution in [3.63, 3.8) is 0 Å². The van der Waals surface area contributed by atoms with Crippen molar-refractivity contribution in [2.45, 2.75) is 38.4 Å². The first-order chi connectivity index (χ1) is 15.5. The third-order valence-electron chi connectivity index (χ3n) is 5.92. The van der Waals surface area contributed by atoms with E-state index >= 15 is 0 Å². The summed E-state index contributed by atoms with van der Waals surface area (Å²) in [6.07, 6.45) is 2.83. The summed E-state index contributed by atoms with van der Waals surface area (Å²) in [5.74, 6) is 1.63. The van der Waals surface area contributed by atoms with Crippen molar-refractivity contribution in [1.82, 2.24) is 9.62 Å². The molecule has 0 unspecified atom stereocenters. The summed E-state index contributed by atoms with van der Waals surface area (Å²) in [5.41, 5.74) is 3.76. The Bertz CT molecular complexity index is 964. The molecule has 0 saturated carbocycles. The monoisotopic (exact) mass is 474 g/mol. The molecule has 1 aliphatic rings. The van der Waals surface area contributed by atoms with Crippen molar-refractivity contribution in [2.75, 3.05) is 31.1 Å². The number of carbonyl (C=O) groups is 1. The van der Waals surface area contributed by atoms with Crippen molar-refractivity contribution in [1.29, 1.82) is 0 Å². The van der Waals surface area contributed by atoms with Gasteiger partial charge in [-0.25, -0.2) is 12.7 Å². The first kappa shape index (κ1) is 24.8. The van der Waals surface area contributed by atoms with Gasteiger partial charge in [0, 0.05) is 31.1 Å². The molecule has 5 nitrogen and oxygen atoms in total. The molecule has 1 atom stereocenters. The van der Waals surface area contributed by atoms with E-state index in [4.69, 9.17) is 0 Å². The summed E-state index contributed by atoms with van der Waals surface area (Å²) < 4.78 is 27.1. The third-order valence-corrected chi connectivity index (χ3v) is 8.85. The second-order valence-electron chi connectivity index (χ2n) is 8.37. The Balaban J connectivity index is 1.38. The standard InChI is InChI=1S/C25H34N2O3S2/c1-21-9-5-6-13-24(21)20-31-17-15-26-25(28)23-14-7-16-27(19-23)32(29,30)18-8-12-22-10-3-2-4-11-22/h2-6,9-11,13,23H,7-8,12,14-20H2,1H3,(H,26,28)/t23-/m1/s1. The Labute approximate surface area is 197 Å². The van der Waals surface area contributed by atoms with Crippen LogP contribution >= 0.6 is 11.8 Å². The number of hydrogen-bond donors (Lipinski definition) is 1. The first-order valence-electron chi connectivity index (χ1n) is 11.4. The van der Waals surface area contributed by atoms with Crippen molar-refractivity contribution in [3.8, 4) is 0 Å². The fraction of sp³-hybridized carbons (Fsp3) is 0.480. The molecule has 2 aromatic rings. The van der Waals surface area contributed by atoms with E-state index in [9.17, 15) is 13.2 Å². The molecule has 2 aromatic carbocycles. The maximum Gasteiger partial charge on any atom is 0.224 e. The molecule has 32 heavy (non-hydrogen) atoms. The van der Waals surface area contributed by atoms with E-state index in [-0.39, 0.29) is 17.6 Å². The van der Waals surface area contributed by atoms with E-state index in [1.165, 1.54) is 15.4 Å². The number of carbonyl (C=O) groups excluding carboxylic acids is 1. The highest BCUT2D eigenvalue weighted by molar-refractivity contribution is 7.98. The van der Waals surface area contributed by atoms with E-state index in [0.29, 0.717) is 26.1 Å². The van der Waals surface area contributed by atoms with Crippen LogP contribution in [0.5, 0.6) is 0 Å². The predicted molar refractivity (Wildman–Crippen MR) is 133 cm³/mol. The average molecular weight is 475 g/mol. The van der Waals surface area contributed by atoms with Crippen LogP contribution in [0.4, 0.5) is 0 Å². The zero-order chi connectivity index (χ0) is 22.8. The number of nitrogens with zero attached hydrogens (tertiary/aromatic N) is 1. The number of thioether (sulfide) groups is 1. The predicted octanol–water partition coefficient (Wildman–Crippen LogP) is 4.02. The summed E-state index contributed by atoms with van der Waals surface area (Å²) in [6, 6.07) is 18.3. The molecule has 3 rings (SSSR count). The zero-order valence-electron chi connectivity index (χ0n) is 18.8. The summed E-state index contributed by atoms with van der Waals surface area (Å²) in [5, 5.41) is 3.01. The number of aryl methyl sites for hydroxylation is 2. The molecule has 1 heterocycles. The van der Waals surface area contributed by atoms with Crippen molar-refractivity contribution in [3.05, 3.63) is 71.3 Å². The molecule has 1 fully saturated rings. The molecular weight excluding hydrogens is 440 g/mol. The number of piperidine rings is 1. The number of amides is 1. The summed E-state index contributed by atoms with van der Waals surface area (Å²) >= 11 is 1.80. The minimum atomic E-state index is -3.33. The average Bonchev–Trinajstić information content (AvgIpc) is 2.80. The molecule has 174 valence electrons. The maximum absolute atomic E-state index is 12.8. The van der Waals surface area contributed by atoms with Crippen LogP contribution in [-0.2, 0) is 27.0 Å². The van der Waals surface area contributed by atoms with Gasteiger partial charge in [-0.1, -0.05) is 54.6 Å². The molecular formula is C25H34N2O3S2. The second kappa shape index (κ2) is 12.4. The fourth-order valence-electron chi connectivity index (χ4n) is 3.99. The molecule has 0 radical (unpaired) electrons. The number of benzene rings is 2. The van der Waals surface area contributed by atoms with Crippen LogP contribution in [-0.4, -0.2) is 49.8 Å². The van der Waals surface area contributed by atoms with Crippen LogP contribution in [0.25, 0.3) is 0 Å². The Morgan fingerprint density at radius 1 is 1.12 bits per heavy atom. The molecule has 1 amide bonds. The van der Waals surface area contributed by atoms with Gasteiger partial charge in [0.15, 0.2) is 0 Å². The van der Waals surface area contributed by atoms with Gasteiger partial charge in [-0.3, -0.25) is 4.79 Å². The van der Waals surface area contributed by atoms with Crippen molar-refractivity contribution < 1.29 is 13.2 Å². The van der Waals surface area contributed by atoms with Gasteiger partial charge >= 0.3 is 0 Å². The smallest absolute Gasteiger partial charge is 0.224 e. The van der Waals surface area contributed by atoms with Crippen molar-refractivity contribution >= 4 is 27.7 Å². The number of sulfonamides is 1. The van der Waals surface area contributed by atoms with E-state index in [0.717, 1.165) is 36.3 Å². The van der Waals surface area contributed by atoms with Gasteiger partial charge in [0.25, 0.3) is 0 Å². The van der Waals surface area contributed by atoms with Crippen LogP contribution < -0.4 is 5.32 Å². The van der Waals surface area contributed by atoms with Crippen LogP contribution in [0.1, 0.15) is 36.0 Å². The van der Waals surface area contributed by atoms with Gasteiger partial charge in [-0.15, -0.1) is 0 Å². The van der Waals surface area contributed by atoms with Gasteiger partial charge in [0.1, 0.15) is 0 Å². The molecule has 1 saturated heterocycles. The zero-order valence-corrected chi connectivity index (χ0v) is 20.5. The normalized spacial score (nSPS) is 17.2. The Hall–Kier alpha value is -1.83. The van der Waals surface area contributed by atoms with E-state index in [1.807, 2.05) is 36.4 Å². The molecule has 0 bridgehead atoms. The summed E-state index contributed by atoms with van der Waals surface area (Å²) in [6.45, 7) is 3.54. The van der Waals surface area contributed by atoms with Crippen LogP contribution in [0.15, 0.2) is 54.6 Å². The van der Waals surface area contributed by atoms with E-state index in [2.05, 4.69) is 30.4 Å². The maximum atomic E-state index is 12.8. The number of rotatable bonds is 11. The van der Waals surface area contributed by atoms with Crippen LogP contribution in [0.3, 0.4) is 0 Å². The van der Waals surface area contributed by atoms with Crippen LogP contribution in [0.2, 0.25) is 0 Å². The number of hydrogen-bond acceptors (Lipinski definition) is 4. The van der Waals surface area contributed by atoms with Crippen molar-refractivity contribution in [2.24, 2.45) is 5.92 Å². The molecule has 1 aliphatic heterocycles. The quantitative estimate of drug-likeness (QED) is 0.500. The minimum Gasteiger partial charge on any atom is -0.355 e. The van der Waals surface area contributed by atoms with Gasteiger partial charge in [-0.2, -0.15) is 11.8 Å². The highest BCUT2D eigenvalue weighted by atomic mass is 32.2. The van der Waals surface area contributed by atoms with E-state index < -0.39 is 10.0 Å². The Kier molecular flexibility index (Phi) is 9.63. The summed E-state index contributed by atoms with van der Waals surface area (Å²) in [4.78, 5) is 12.6. The Morgan fingerprint density at radius 3 is 2.66 bits per heavy atom. The lowest BCUT2D eigenvalue weighted by atomic mass is 9.99. The molecule has 1 N–H and O–H groups in total. The third kappa shape index (κ3) is 7.64. The molecule has 0 aromatic heterocycles. The first-order valence-corrected chi connectivity index (χ1v) is 14.1.